The van der Waals surface area contributed by atoms with E-state index in [2.05, 4.69) is 32.1 Å². The number of H-pyrrole nitrogens is 1. The number of hydrogen-bond donors (Lipinski definition) is 1. The van der Waals surface area contributed by atoms with Crippen LogP contribution in [0.1, 0.15) is 17.5 Å². The van der Waals surface area contributed by atoms with Gasteiger partial charge in [0.1, 0.15) is 16.9 Å². The van der Waals surface area contributed by atoms with E-state index >= 15 is 0 Å². The van der Waals surface area contributed by atoms with E-state index in [1.165, 1.54) is 11.1 Å². The lowest BCUT2D eigenvalue weighted by molar-refractivity contribution is -0.118. The summed E-state index contributed by atoms with van der Waals surface area (Å²) < 4.78 is 0. The van der Waals surface area contributed by atoms with Crippen molar-refractivity contribution >= 4 is 34.5 Å². The van der Waals surface area contributed by atoms with Gasteiger partial charge in [-0.15, -0.1) is 0 Å². The summed E-state index contributed by atoms with van der Waals surface area (Å²) in [6, 6.07) is 6.30. The van der Waals surface area contributed by atoms with Gasteiger partial charge in [0.2, 0.25) is 5.91 Å². The van der Waals surface area contributed by atoms with Crippen LogP contribution in [0.4, 0.5) is 5.69 Å². The summed E-state index contributed by atoms with van der Waals surface area (Å²) in [5.41, 5.74) is 5.05. The number of amides is 1. The van der Waals surface area contributed by atoms with Gasteiger partial charge in [-0.3, -0.25) is 4.79 Å². The number of carbonyl (C=O) groups excluding carboxylic acids is 1. The van der Waals surface area contributed by atoms with Gasteiger partial charge in [-0.2, -0.15) is 0 Å². The standard InChI is InChI=1S/C16H15N5OS/c1-21-12-4-2-10(6-11(12)3-5-13(21)22)7-23-16-14-15(18-8-17-14)19-9-20-16/h2,4,6,8-9H,3,5,7H2,1H3,(H,17,18,19,20). The van der Waals surface area contributed by atoms with Crippen LogP contribution in [0.2, 0.25) is 0 Å². The Balaban J connectivity index is 1.56. The molecule has 0 atom stereocenters. The monoisotopic (exact) mass is 325 g/mol. The molecule has 1 amide bonds. The van der Waals surface area contributed by atoms with Crippen molar-refractivity contribution in [3.63, 3.8) is 0 Å². The fourth-order valence-electron chi connectivity index (χ4n) is 2.80. The predicted molar refractivity (Wildman–Crippen MR) is 89.4 cm³/mol. The van der Waals surface area contributed by atoms with E-state index in [4.69, 9.17) is 0 Å². The number of anilines is 1. The van der Waals surface area contributed by atoms with Crippen LogP contribution in [-0.4, -0.2) is 32.9 Å². The van der Waals surface area contributed by atoms with Crippen LogP contribution < -0.4 is 4.90 Å². The molecule has 0 aliphatic carbocycles. The maximum absolute atomic E-state index is 11.7. The number of fused-ring (bicyclic) bond motifs is 2. The number of thioether (sulfide) groups is 1. The molecule has 0 radical (unpaired) electrons. The first-order chi connectivity index (χ1) is 11.2. The second-order valence-electron chi connectivity index (χ2n) is 5.48. The molecule has 0 unspecified atom stereocenters. The molecule has 0 spiro atoms. The minimum Gasteiger partial charge on any atom is -0.341 e. The summed E-state index contributed by atoms with van der Waals surface area (Å²) in [6.45, 7) is 0. The molecule has 0 bridgehead atoms. The Hall–Kier alpha value is -2.41. The van der Waals surface area contributed by atoms with Crippen molar-refractivity contribution in [1.29, 1.82) is 0 Å². The van der Waals surface area contributed by atoms with Gasteiger partial charge < -0.3 is 9.88 Å². The Morgan fingerprint density at radius 1 is 1.26 bits per heavy atom. The zero-order chi connectivity index (χ0) is 15.8. The van der Waals surface area contributed by atoms with Crippen molar-refractivity contribution in [2.45, 2.75) is 23.6 Å². The van der Waals surface area contributed by atoms with Gasteiger partial charge in [0.05, 0.1) is 6.33 Å². The quantitative estimate of drug-likeness (QED) is 0.592. The third kappa shape index (κ3) is 2.57. The number of nitrogens with one attached hydrogen (secondary N) is 1. The summed E-state index contributed by atoms with van der Waals surface area (Å²) in [4.78, 5) is 29.2. The summed E-state index contributed by atoms with van der Waals surface area (Å²) in [5.74, 6) is 0.998. The van der Waals surface area contributed by atoms with E-state index in [1.54, 1.807) is 29.3 Å². The van der Waals surface area contributed by atoms with E-state index < -0.39 is 0 Å². The van der Waals surface area contributed by atoms with Gasteiger partial charge in [0.15, 0.2) is 5.65 Å². The number of benzene rings is 1. The van der Waals surface area contributed by atoms with Crippen molar-refractivity contribution < 1.29 is 4.79 Å². The second kappa shape index (κ2) is 5.66. The average Bonchev–Trinajstić information content (AvgIpc) is 3.05. The Morgan fingerprint density at radius 3 is 3.09 bits per heavy atom. The molecule has 0 fully saturated rings. The van der Waals surface area contributed by atoms with Crippen LogP contribution >= 0.6 is 11.8 Å². The van der Waals surface area contributed by atoms with Crippen molar-refractivity contribution in [1.82, 2.24) is 19.9 Å². The molecular weight excluding hydrogens is 310 g/mol. The van der Waals surface area contributed by atoms with Crippen molar-refractivity contribution in [3.05, 3.63) is 42.0 Å². The number of rotatable bonds is 3. The molecule has 3 aromatic rings. The van der Waals surface area contributed by atoms with Gasteiger partial charge in [0.25, 0.3) is 0 Å². The molecule has 0 saturated heterocycles. The highest BCUT2D eigenvalue weighted by atomic mass is 32.2. The number of imidazole rings is 1. The summed E-state index contributed by atoms with van der Waals surface area (Å²) >= 11 is 1.66. The molecule has 3 heterocycles. The molecule has 4 rings (SSSR count). The highest BCUT2D eigenvalue weighted by Crippen LogP contribution is 2.30. The molecular formula is C16H15N5OS. The van der Waals surface area contributed by atoms with Gasteiger partial charge in [-0.1, -0.05) is 23.9 Å². The fourth-order valence-corrected chi connectivity index (χ4v) is 3.70. The molecule has 0 saturated carbocycles. The second-order valence-corrected chi connectivity index (χ2v) is 6.45. The number of aromatic amines is 1. The van der Waals surface area contributed by atoms with Crippen LogP contribution in [0, 0.1) is 0 Å². The average molecular weight is 325 g/mol. The first kappa shape index (κ1) is 14.2. The van der Waals surface area contributed by atoms with Gasteiger partial charge >= 0.3 is 0 Å². The van der Waals surface area contributed by atoms with E-state index in [0.717, 1.165) is 28.4 Å². The largest absolute Gasteiger partial charge is 0.341 e. The van der Waals surface area contributed by atoms with Gasteiger partial charge in [-0.05, 0) is 23.6 Å². The molecule has 1 aliphatic heterocycles. The predicted octanol–water partition coefficient (Wildman–Crippen LogP) is 2.55. The Bertz CT molecular complexity index is 891. The lowest BCUT2D eigenvalue weighted by Gasteiger charge is -2.26. The zero-order valence-electron chi connectivity index (χ0n) is 12.6. The number of aromatic nitrogens is 4. The Morgan fingerprint density at radius 2 is 2.17 bits per heavy atom. The number of aryl methyl sites for hydroxylation is 1. The SMILES string of the molecule is CN1C(=O)CCc2cc(CSc3ncnc4nc[nH]c34)ccc21. The summed E-state index contributed by atoms with van der Waals surface area (Å²) in [7, 11) is 1.84. The minimum absolute atomic E-state index is 0.183. The van der Waals surface area contributed by atoms with E-state index in [0.29, 0.717) is 12.1 Å². The lowest BCUT2D eigenvalue weighted by atomic mass is 10.00. The van der Waals surface area contributed by atoms with Gasteiger partial charge in [0, 0.05) is 24.9 Å². The first-order valence-corrected chi connectivity index (χ1v) is 8.36. The smallest absolute Gasteiger partial charge is 0.227 e. The van der Waals surface area contributed by atoms with Crippen LogP contribution in [0.5, 0.6) is 0 Å². The molecule has 2 aromatic heterocycles. The van der Waals surface area contributed by atoms with Crippen LogP contribution in [0.3, 0.4) is 0 Å². The number of nitrogens with zero attached hydrogens (tertiary/aromatic N) is 4. The topological polar surface area (TPSA) is 74.8 Å². The van der Waals surface area contributed by atoms with E-state index in [-0.39, 0.29) is 5.91 Å². The van der Waals surface area contributed by atoms with Gasteiger partial charge in [-0.25, -0.2) is 15.0 Å². The van der Waals surface area contributed by atoms with Crippen molar-refractivity contribution in [3.8, 4) is 0 Å². The third-order valence-corrected chi connectivity index (χ3v) is 5.11. The van der Waals surface area contributed by atoms with Crippen LogP contribution in [-0.2, 0) is 17.0 Å². The summed E-state index contributed by atoms with van der Waals surface area (Å²) in [5, 5.41) is 0.900. The zero-order valence-corrected chi connectivity index (χ0v) is 13.4. The highest BCUT2D eigenvalue weighted by molar-refractivity contribution is 7.98. The Labute approximate surface area is 137 Å². The lowest BCUT2D eigenvalue weighted by Crippen LogP contribution is -2.31. The molecule has 116 valence electrons. The van der Waals surface area contributed by atoms with Crippen molar-refractivity contribution in [2.75, 3.05) is 11.9 Å². The summed E-state index contributed by atoms with van der Waals surface area (Å²) in [6.07, 6.45) is 4.57. The third-order valence-electron chi connectivity index (χ3n) is 4.05. The van der Waals surface area contributed by atoms with Crippen LogP contribution in [0.15, 0.2) is 35.9 Å². The number of hydrogen-bond acceptors (Lipinski definition) is 5. The molecule has 1 aromatic carbocycles. The Kier molecular flexibility index (Phi) is 3.49. The number of carbonyl (C=O) groups is 1. The first-order valence-electron chi connectivity index (χ1n) is 7.37. The van der Waals surface area contributed by atoms with Crippen molar-refractivity contribution in [2.24, 2.45) is 0 Å². The molecule has 7 heteroatoms. The molecule has 6 nitrogen and oxygen atoms in total. The normalized spacial score (nSPS) is 14.3. The molecule has 1 aliphatic rings. The van der Waals surface area contributed by atoms with E-state index in [9.17, 15) is 4.79 Å². The maximum Gasteiger partial charge on any atom is 0.227 e. The molecule has 1 N–H and O–H groups in total. The van der Waals surface area contributed by atoms with Crippen LogP contribution in [0.25, 0.3) is 11.2 Å². The van der Waals surface area contributed by atoms with E-state index in [1.807, 2.05) is 13.1 Å². The minimum atomic E-state index is 0.183. The maximum atomic E-state index is 11.7. The molecule has 23 heavy (non-hydrogen) atoms. The fraction of sp³-hybridized carbons (Fsp3) is 0.250. The highest BCUT2D eigenvalue weighted by Gasteiger charge is 2.20.